The highest BCUT2D eigenvalue weighted by Crippen LogP contribution is 2.29. The highest BCUT2D eigenvalue weighted by molar-refractivity contribution is 7.99. The number of benzene rings is 2. The van der Waals surface area contributed by atoms with E-state index in [0.717, 1.165) is 0 Å². The Kier molecular flexibility index (Phi) is 7.46. The fourth-order valence-electron chi connectivity index (χ4n) is 1.39. The van der Waals surface area contributed by atoms with Crippen molar-refractivity contribution in [2.75, 3.05) is 6.26 Å². The molecule has 2 aromatic rings. The summed E-state index contributed by atoms with van der Waals surface area (Å²) in [5.41, 5.74) is 1.31. The average Bonchev–Trinajstić information content (AvgIpc) is 2.43. The van der Waals surface area contributed by atoms with Crippen molar-refractivity contribution in [3.8, 4) is 0 Å². The standard InChI is InChI=1S/C14H14S2.C3H6/c1-11-3-5-13(6-4-11)16-14-9-7-12(15-2)8-10-14;1-3-2/h3-10H,1-2H3;3H,1H2,2H3. The predicted molar refractivity (Wildman–Crippen MR) is 89.4 cm³/mol. The first-order valence-electron chi connectivity index (χ1n) is 6.15. The molecule has 0 amide bonds. The van der Waals surface area contributed by atoms with E-state index in [1.165, 1.54) is 20.2 Å². The molecule has 0 saturated heterocycles. The van der Waals surface area contributed by atoms with Gasteiger partial charge >= 0.3 is 0 Å². The van der Waals surface area contributed by atoms with Gasteiger partial charge in [-0.2, -0.15) is 0 Å². The zero-order valence-electron chi connectivity index (χ0n) is 11.7. The SMILES string of the molecule is C=CC.CSc1ccc(Sc2ccc(C)cc2)cc1. The van der Waals surface area contributed by atoms with E-state index in [4.69, 9.17) is 0 Å². The van der Waals surface area contributed by atoms with Gasteiger partial charge in [0.05, 0.1) is 0 Å². The van der Waals surface area contributed by atoms with Gasteiger partial charge in [0, 0.05) is 14.7 Å². The van der Waals surface area contributed by atoms with Crippen LogP contribution in [0.2, 0.25) is 0 Å². The molecule has 0 aliphatic carbocycles. The van der Waals surface area contributed by atoms with Gasteiger partial charge in [0.2, 0.25) is 0 Å². The summed E-state index contributed by atoms with van der Waals surface area (Å²) < 4.78 is 0. The van der Waals surface area contributed by atoms with Crippen molar-refractivity contribution in [1.29, 1.82) is 0 Å². The van der Waals surface area contributed by atoms with Gasteiger partial charge in [-0.3, -0.25) is 0 Å². The third-order valence-electron chi connectivity index (χ3n) is 2.32. The molecule has 0 fully saturated rings. The van der Waals surface area contributed by atoms with Gasteiger partial charge in [0.1, 0.15) is 0 Å². The Morgan fingerprint density at radius 1 is 0.842 bits per heavy atom. The second-order valence-corrected chi connectivity index (χ2v) is 6.03. The molecule has 0 spiro atoms. The van der Waals surface area contributed by atoms with Crippen LogP contribution in [0, 0.1) is 6.92 Å². The van der Waals surface area contributed by atoms with Crippen LogP contribution in [0.15, 0.2) is 75.9 Å². The lowest BCUT2D eigenvalue weighted by Crippen LogP contribution is -1.75. The Morgan fingerprint density at radius 3 is 1.63 bits per heavy atom. The van der Waals surface area contributed by atoms with E-state index in [1.54, 1.807) is 29.6 Å². The van der Waals surface area contributed by atoms with Crippen molar-refractivity contribution in [2.24, 2.45) is 0 Å². The first-order valence-corrected chi connectivity index (χ1v) is 8.19. The highest BCUT2D eigenvalue weighted by atomic mass is 32.2. The number of thioether (sulfide) groups is 1. The van der Waals surface area contributed by atoms with E-state index < -0.39 is 0 Å². The molecule has 0 nitrogen and oxygen atoms in total. The number of hydrogen-bond donors (Lipinski definition) is 0. The van der Waals surface area contributed by atoms with Crippen molar-refractivity contribution in [2.45, 2.75) is 28.5 Å². The molecule has 0 N–H and O–H groups in total. The Hall–Kier alpha value is -1.12. The van der Waals surface area contributed by atoms with E-state index in [-0.39, 0.29) is 0 Å². The largest absolute Gasteiger partial charge is 0.130 e. The topological polar surface area (TPSA) is 0 Å². The maximum absolute atomic E-state index is 3.36. The minimum Gasteiger partial charge on any atom is -0.130 e. The fraction of sp³-hybridized carbons (Fsp3) is 0.176. The molecule has 2 rings (SSSR count). The summed E-state index contributed by atoms with van der Waals surface area (Å²) in [5, 5.41) is 0. The molecular weight excluding hydrogens is 268 g/mol. The summed E-state index contributed by atoms with van der Waals surface area (Å²) in [7, 11) is 0. The van der Waals surface area contributed by atoms with Crippen LogP contribution in [0.1, 0.15) is 12.5 Å². The maximum atomic E-state index is 3.36. The van der Waals surface area contributed by atoms with Crippen LogP contribution in [0.5, 0.6) is 0 Å². The van der Waals surface area contributed by atoms with E-state index in [2.05, 4.69) is 68.3 Å². The summed E-state index contributed by atoms with van der Waals surface area (Å²) in [6, 6.07) is 17.3. The summed E-state index contributed by atoms with van der Waals surface area (Å²) >= 11 is 3.58. The molecule has 0 saturated carbocycles. The lowest BCUT2D eigenvalue weighted by molar-refractivity contribution is 1.33. The van der Waals surface area contributed by atoms with Crippen LogP contribution in [0.4, 0.5) is 0 Å². The van der Waals surface area contributed by atoms with Crippen LogP contribution in [0.3, 0.4) is 0 Å². The molecule has 0 aliphatic heterocycles. The van der Waals surface area contributed by atoms with Gasteiger partial charge in [0.15, 0.2) is 0 Å². The maximum Gasteiger partial charge on any atom is 0.0123 e. The Bertz CT molecular complexity index is 484. The molecule has 0 bridgehead atoms. The molecule has 0 unspecified atom stereocenters. The van der Waals surface area contributed by atoms with Gasteiger partial charge in [-0.25, -0.2) is 0 Å². The molecule has 2 aromatic carbocycles. The predicted octanol–water partition coefficient (Wildman–Crippen LogP) is 6.06. The molecule has 2 heteroatoms. The first-order chi connectivity index (χ1) is 9.19. The second kappa shape index (κ2) is 8.89. The van der Waals surface area contributed by atoms with Crippen molar-refractivity contribution >= 4 is 23.5 Å². The summed E-state index contributed by atoms with van der Waals surface area (Å²) in [4.78, 5) is 3.90. The fourth-order valence-corrected chi connectivity index (χ4v) is 2.61. The second-order valence-electron chi connectivity index (χ2n) is 4.00. The van der Waals surface area contributed by atoms with Crippen LogP contribution in [-0.4, -0.2) is 6.26 Å². The van der Waals surface area contributed by atoms with Crippen molar-refractivity contribution in [3.05, 3.63) is 66.7 Å². The van der Waals surface area contributed by atoms with Crippen LogP contribution >= 0.6 is 23.5 Å². The molecule has 0 aromatic heterocycles. The van der Waals surface area contributed by atoms with Gasteiger partial charge in [-0.05, 0) is 56.5 Å². The molecule has 19 heavy (non-hydrogen) atoms. The first kappa shape index (κ1) is 15.9. The number of hydrogen-bond acceptors (Lipinski definition) is 2. The smallest absolute Gasteiger partial charge is 0.0123 e. The Labute approximate surface area is 125 Å². The van der Waals surface area contributed by atoms with Gasteiger partial charge in [0.25, 0.3) is 0 Å². The van der Waals surface area contributed by atoms with E-state index >= 15 is 0 Å². The number of allylic oxidation sites excluding steroid dienone is 1. The van der Waals surface area contributed by atoms with Gasteiger partial charge < -0.3 is 0 Å². The van der Waals surface area contributed by atoms with Crippen LogP contribution < -0.4 is 0 Å². The minimum atomic E-state index is 1.29. The summed E-state index contributed by atoms with van der Waals surface area (Å²) in [5.74, 6) is 0. The molecule has 100 valence electrons. The monoisotopic (exact) mass is 288 g/mol. The molecule has 0 atom stereocenters. The average molecular weight is 288 g/mol. The molecular formula is C17H20S2. The number of aryl methyl sites for hydroxylation is 1. The van der Waals surface area contributed by atoms with Crippen LogP contribution in [-0.2, 0) is 0 Å². The van der Waals surface area contributed by atoms with Crippen molar-refractivity contribution in [3.63, 3.8) is 0 Å². The van der Waals surface area contributed by atoms with Gasteiger partial charge in [-0.15, -0.1) is 18.3 Å². The van der Waals surface area contributed by atoms with Gasteiger partial charge in [-0.1, -0.05) is 35.5 Å². The molecule has 0 heterocycles. The summed E-state index contributed by atoms with van der Waals surface area (Å²) in [6.45, 7) is 7.36. The van der Waals surface area contributed by atoms with E-state index in [0.29, 0.717) is 0 Å². The normalized spacial score (nSPS) is 9.42. The summed E-state index contributed by atoms with van der Waals surface area (Å²) in [6.07, 6.45) is 3.85. The number of rotatable bonds is 3. The third kappa shape index (κ3) is 6.04. The zero-order valence-corrected chi connectivity index (χ0v) is 13.4. The minimum absolute atomic E-state index is 1.29. The zero-order chi connectivity index (χ0) is 14.1. The van der Waals surface area contributed by atoms with E-state index in [9.17, 15) is 0 Å². The quantitative estimate of drug-likeness (QED) is 0.497. The van der Waals surface area contributed by atoms with Crippen molar-refractivity contribution in [1.82, 2.24) is 0 Å². The van der Waals surface area contributed by atoms with E-state index in [1.807, 2.05) is 6.92 Å². The Morgan fingerprint density at radius 2 is 1.21 bits per heavy atom. The highest BCUT2D eigenvalue weighted by Gasteiger charge is 1.97. The molecule has 0 radical (unpaired) electrons. The lowest BCUT2D eigenvalue weighted by atomic mass is 10.2. The van der Waals surface area contributed by atoms with Crippen molar-refractivity contribution < 1.29 is 0 Å². The van der Waals surface area contributed by atoms with Crippen LogP contribution in [0.25, 0.3) is 0 Å². The molecule has 0 aliphatic rings. The third-order valence-corrected chi connectivity index (χ3v) is 4.08. The Balaban J connectivity index is 0.000000550. The lowest BCUT2D eigenvalue weighted by Gasteiger charge is -2.03.